The third kappa shape index (κ3) is 4.53. The van der Waals surface area contributed by atoms with Crippen molar-refractivity contribution in [1.29, 1.82) is 0 Å². The van der Waals surface area contributed by atoms with Crippen LogP contribution >= 0.6 is 15.9 Å². The number of likely N-dealkylation sites (tertiary alicyclic amines) is 1. The van der Waals surface area contributed by atoms with Gasteiger partial charge in [0.1, 0.15) is 0 Å². The van der Waals surface area contributed by atoms with E-state index in [2.05, 4.69) is 33.1 Å². The van der Waals surface area contributed by atoms with E-state index in [9.17, 15) is 4.79 Å². The third-order valence-electron chi connectivity index (χ3n) is 4.18. The molecule has 0 radical (unpaired) electrons. The van der Waals surface area contributed by atoms with Crippen LogP contribution in [0.5, 0.6) is 0 Å². The van der Waals surface area contributed by atoms with Gasteiger partial charge in [-0.3, -0.25) is 9.69 Å². The highest BCUT2D eigenvalue weighted by atomic mass is 79.9. The fourth-order valence-electron chi connectivity index (χ4n) is 2.90. The number of nitrogens with zero attached hydrogens (tertiary/aromatic N) is 1. The zero-order valence-electron chi connectivity index (χ0n) is 12.7. The van der Waals surface area contributed by atoms with Crippen LogP contribution in [0.2, 0.25) is 0 Å². The summed E-state index contributed by atoms with van der Waals surface area (Å²) in [5.74, 6) is 0.736. The third-order valence-corrected chi connectivity index (χ3v) is 4.67. The molecule has 1 fully saturated rings. The van der Waals surface area contributed by atoms with E-state index in [1.165, 1.54) is 0 Å². The van der Waals surface area contributed by atoms with Crippen LogP contribution in [-0.4, -0.2) is 36.5 Å². The Balaban J connectivity index is 1.94. The van der Waals surface area contributed by atoms with Crippen molar-refractivity contribution >= 4 is 27.5 Å². The summed E-state index contributed by atoms with van der Waals surface area (Å²) >= 11 is 3.43. The number of halogens is 1. The maximum absolute atomic E-state index is 12.3. The highest BCUT2D eigenvalue weighted by Crippen LogP contribution is 2.23. The number of carbonyl (C=O) groups is 1. The van der Waals surface area contributed by atoms with Gasteiger partial charge in [0.05, 0.1) is 6.54 Å². The number of nitrogens with two attached hydrogens (primary N) is 1. The molecule has 1 aliphatic rings. The summed E-state index contributed by atoms with van der Waals surface area (Å²) < 4.78 is 1.02. The number of carbonyl (C=O) groups excluding carboxylic acids is 1. The van der Waals surface area contributed by atoms with Crippen LogP contribution in [0.15, 0.2) is 22.7 Å². The SMILES string of the molecule is Cc1cc(Br)ccc1NC(=O)CN1CCC(C)CC1CN. The largest absolute Gasteiger partial charge is 0.329 e. The van der Waals surface area contributed by atoms with Crippen molar-refractivity contribution in [1.82, 2.24) is 4.90 Å². The summed E-state index contributed by atoms with van der Waals surface area (Å²) in [5, 5.41) is 3.00. The molecule has 0 saturated carbocycles. The second-order valence-electron chi connectivity index (χ2n) is 6.00. The number of hydrogen-bond acceptors (Lipinski definition) is 3. The van der Waals surface area contributed by atoms with Crippen LogP contribution < -0.4 is 11.1 Å². The molecular weight excluding hydrogens is 330 g/mol. The topological polar surface area (TPSA) is 58.4 Å². The molecule has 1 heterocycles. The summed E-state index contributed by atoms with van der Waals surface area (Å²) in [6.45, 7) is 6.24. The second-order valence-corrected chi connectivity index (χ2v) is 6.91. The van der Waals surface area contributed by atoms with Crippen LogP contribution in [0.25, 0.3) is 0 Å². The van der Waals surface area contributed by atoms with Crippen LogP contribution in [0.1, 0.15) is 25.3 Å². The minimum atomic E-state index is 0.0356. The Morgan fingerprint density at radius 3 is 2.95 bits per heavy atom. The summed E-state index contributed by atoms with van der Waals surface area (Å²) in [5.41, 5.74) is 7.78. The van der Waals surface area contributed by atoms with E-state index < -0.39 is 0 Å². The molecule has 0 aliphatic carbocycles. The molecule has 4 nitrogen and oxygen atoms in total. The molecule has 5 heteroatoms. The smallest absolute Gasteiger partial charge is 0.238 e. The molecule has 0 aromatic heterocycles. The first-order chi connectivity index (χ1) is 9.99. The van der Waals surface area contributed by atoms with Gasteiger partial charge in [0.15, 0.2) is 0 Å². The molecule has 116 valence electrons. The number of benzene rings is 1. The lowest BCUT2D eigenvalue weighted by molar-refractivity contribution is -0.118. The Hall–Kier alpha value is -0.910. The quantitative estimate of drug-likeness (QED) is 0.874. The molecule has 0 spiro atoms. The Kier molecular flexibility index (Phi) is 5.79. The summed E-state index contributed by atoms with van der Waals surface area (Å²) in [6, 6.07) is 6.19. The Bertz CT molecular complexity index is 506. The average Bonchev–Trinajstić information content (AvgIpc) is 2.44. The predicted molar refractivity (Wildman–Crippen MR) is 90.3 cm³/mol. The normalized spacial score (nSPS) is 23.0. The first kappa shape index (κ1) is 16.5. The van der Waals surface area contributed by atoms with Gasteiger partial charge in [0.25, 0.3) is 0 Å². The molecule has 0 bridgehead atoms. The highest BCUT2D eigenvalue weighted by Gasteiger charge is 2.26. The van der Waals surface area contributed by atoms with E-state index >= 15 is 0 Å². The fourth-order valence-corrected chi connectivity index (χ4v) is 3.37. The Labute approximate surface area is 135 Å². The van der Waals surface area contributed by atoms with E-state index in [0.717, 1.165) is 35.1 Å². The van der Waals surface area contributed by atoms with Gasteiger partial charge < -0.3 is 11.1 Å². The number of rotatable bonds is 4. The van der Waals surface area contributed by atoms with Gasteiger partial charge in [0, 0.05) is 22.7 Å². The van der Waals surface area contributed by atoms with Gasteiger partial charge in [0.2, 0.25) is 5.91 Å². The van der Waals surface area contributed by atoms with Gasteiger partial charge >= 0.3 is 0 Å². The lowest BCUT2D eigenvalue weighted by atomic mass is 9.92. The van der Waals surface area contributed by atoms with Gasteiger partial charge in [-0.25, -0.2) is 0 Å². The van der Waals surface area contributed by atoms with Crippen molar-refractivity contribution in [3.8, 4) is 0 Å². The van der Waals surface area contributed by atoms with Gasteiger partial charge in [-0.15, -0.1) is 0 Å². The van der Waals surface area contributed by atoms with Crippen molar-refractivity contribution in [2.75, 3.05) is 25.0 Å². The van der Waals surface area contributed by atoms with E-state index in [4.69, 9.17) is 5.73 Å². The molecule has 1 aromatic carbocycles. The van der Waals surface area contributed by atoms with Crippen LogP contribution in [0, 0.1) is 12.8 Å². The van der Waals surface area contributed by atoms with Gasteiger partial charge in [-0.05, 0) is 56.0 Å². The maximum atomic E-state index is 12.3. The second kappa shape index (κ2) is 7.38. The Morgan fingerprint density at radius 2 is 2.29 bits per heavy atom. The molecule has 21 heavy (non-hydrogen) atoms. The van der Waals surface area contributed by atoms with E-state index in [1.54, 1.807) is 0 Å². The zero-order chi connectivity index (χ0) is 15.4. The maximum Gasteiger partial charge on any atom is 0.238 e. The van der Waals surface area contributed by atoms with Gasteiger partial charge in [-0.1, -0.05) is 22.9 Å². The molecular formula is C16H24BrN3O. The molecule has 1 saturated heterocycles. The Morgan fingerprint density at radius 1 is 1.52 bits per heavy atom. The number of aryl methyl sites for hydroxylation is 1. The molecule has 1 aliphatic heterocycles. The molecule has 1 amide bonds. The molecule has 3 N–H and O–H groups in total. The zero-order valence-corrected chi connectivity index (χ0v) is 14.3. The first-order valence-corrected chi connectivity index (χ1v) is 8.29. The predicted octanol–water partition coefficient (Wildman–Crippen LogP) is 2.76. The summed E-state index contributed by atoms with van der Waals surface area (Å²) in [6.07, 6.45) is 2.22. The molecule has 2 unspecified atom stereocenters. The van der Waals surface area contributed by atoms with Crippen LogP contribution in [0.3, 0.4) is 0 Å². The van der Waals surface area contributed by atoms with Crippen molar-refractivity contribution in [3.05, 3.63) is 28.2 Å². The first-order valence-electron chi connectivity index (χ1n) is 7.49. The van der Waals surface area contributed by atoms with E-state index in [-0.39, 0.29) is 5.91 Å². The minimum absolute atomic E-state index is 0.0356. The van der Waals surface area contributed by atoms with Gasteiger partial charge in [-0.2, -0.15) is 0 Å². The lowest BCUT2D eigenvalue weighted by Gasteiger charge is -2.37. The fraction of sp³-hybridized carbons (Fsp3) is 0.562. The van der Waals surface area contributed by atoms with Crippen molar-refractivity contribution in [2.45, 2.75) is 32.7 Å². The van der Waals surface area contributed by atoms with Crippen LogP contribution in [-0.2, 0) is 4.79 Å². The standard InChI is InChI=1S/C16H24BrN3O/c1-11-5-6-20(14(7-11)9-18)10-16(21)19-15-4-3-13(17)8-12(15)2/h3-4,8,11,14H,5-7,9-10,18H2,1-2H3,(H,19,21). The lowest BCUT2D eigenvalue weighted by Crippen LogP contribution is -2.49. The number of nitrogens with one attached hydrogen (secondary N) is 1. The number of hydrogen-bond donors (Lipinski definition) is 2. The van der Waals surface area contributed by atoms with E-state index in [0.29, 0.717) is 25.0 Å². The number of piperidine rings is 1. The monoisotopic (exact) mass is 353 g/mol. The number of anilines is 1. The molecule has 1 aromatic rings. The molecule has 2 atom stereocenters. The summed E-state index contributed by atoms with van der Waals surface area (Å²) in [4.78, 5) is 14.5. The summed E-state index contributed by atoms with van der Waals surface area (Å²) in [7, 11) is 0. The minimum Gasteiger partial charge on any atom is -0.329 e. The van der Waals surface area contributed by atoms with Crippen molar-refractivity contribution in [2.24, 2.45) is 11.7 Å². The number of amides is 1. The molecule has 2 rings (SSSR count). The van der Waals surface area contributed by atoms with Crippen molar-refractivity contribution in [3.63, 3.8) is 0 Å². The highest BCUT2D eigenvalue weighted by molar-refractivity contribution is 9.10. The van der Waals surface area contributed by atoms with Crippen molar-refractivity contribution < 1.29 is 4.79 Å². The van der Waals surface area contributed by atoms with E-state index in [1.807, 2.05) is 25.1 Å². The van der Waals surface area contributed by atoms with Crippen LogP contribution in [0.4, 0.5) is 5.69 Å². The average molecular weight is 354 g/mol.